The first-order valence-corrected chi connectivity index (χ1v) is 5.85. The van der Waals surface area contributed by atoms with E-state index in [4.69, 9.17) is 10.00 Å². The Morgan fingerprint density at radius 2 is 1.72 bits per heavy atom. The van der Waals surface area contributed by atoms with Gasteiger partial charge in [0.2, 0.25) is 0 Å². The third-order valence-electron chi connectivity index (χ3n) is 3.04. The van der Waals surface area contributed by atoms with Gasteiger partial charge in [-0.25, -0.2) is 0 Å². The van der Waals surface area contributed by atoms with Gasteiger partial charge in [0.25, 0.3) is 0 Å². The highest BCUT2D eigenvalue weighted by Gasteiger charge is 2.02. The molecule has 2 heteroatoms. The first-order valence-electron chi connectivity index (χ1n) is 5.85. The first kappa shape index (κ1) is 12.2. The molecule has 18 heavy (non-hydrogen) atoms. The second kappa shape index (κ2) is 5.37. The van der Waals surface area contributed by atoms with Crippen LogP contribution in [0.15, 0.2) is 42.5 Å². The van der Waals surface area contributed by atoms with E-state index in [9.17, 15) is 0 Å². The van der Waals surface area contributed by atoms with Crippen LogP contribution in [0.1, 0.15) is 11.1 Å². The number of rotatable bonds is 3. The average molecular weight is 237 g/mol. The van der Waals surface area contributed by atoms with Crippen LogP contribution in [-0.4, -0.2) is 7.11 Å². The van der Waals surface area contributed by atoms with Gasteiger partial charge in [-0.3, -0.25) is 0 Å². The monoisotopic (exact) mass is 237 g/mol. The van der Waals surface area contributed by atoms with Gasteiger partial charge in [0, 0.05) is 0 Å². The second-order valence-corrected chi connectivity index (χ2v) is 4.20. The third kappa shape index (κ3) is 2.52. The summed E-state index contributed by atoms with van der Waals surface area (Å²) in [6, 6.07) is 16.4. The fourth-order valence-electron chi connectivity index (χ4n) is 1.94. The Hall–Kier alpha value is -2.27. The predicted octanol–water partition coefficient (Wildman–Crippen LogP) is 3.74. The molecule has 0 spiro atoms. The Balaban J connectivity index is 2.33. The summed E-state index contributed by atoms with van der Waals surface area (Å²) >= 11 is 0. The topological polar surface area (TPSA) is 33.0 Å². The maximum absolute atomic E-state index is 8.72. The van der Waals surface area contributed by atoms with Crippen LogP contribution in [0.2, 0.25) is 0 Å². The lowest BCUT2D eigenvalue weighted by Crippen LogP contribution is -1.89. The molecule has 0 atom stereocenters. The first-order chi connectivity index (χ1) is 8.74. The summed E-state index contributed by atoms with van der Waals surface area (Å²) in [7, 11) is 1.66. The Labute approximate surface area is 107 Å². The molecule has 90 valence electrons. The van der Waals surface area contributed by atoms with Crippen molar-refractivity contribution in [2.75, 3.05) is 7.11 Å². The minimum atomic E-state index is 0.467. The van der Waals surface area contributed by atoms with Crippen LogP contribution in [0.25, 0.3) is 11.1 Å². The lowest BCUT2D eigenvalue weighted by Gasteiger charge is -2.07. The second-order valence-electron chi connectivity index (χ2n) is 4.20. The summed E-state index contributed by atoms with van der Waals surface area (Å²) in [6.07, 6.45) is 0.467. The van der Waals surface area contributed by atoms with E-state index in [1.165, 1.54) is 0 Å². The van der Waals surface area contributed by atoms with Crippen molar-refractivity contribution in [2.45, 2.75) is 13.3 Å². The van der Waals surface area contributed by atoms with Gasteiger partial charge in [0.15, 0.2) is 0 Å². The number of hydrogen-bond donors (Lipinski definition) is 0. The van der Waals surface area contributed by atoms with E-state index in [1.807, 2.05) is 37.3 Å². The van der Waals surface area contributed by atoms with Crippen molar-refractivity contribution in [3.8, 4) is 22.9 Å². The molecule has 0 amide bonds. The zero-order valence-corrected chi connectivity index (χ0v) is 10.6. The van der Waals surface area contributed by atoms with Crippen LogP contribution in [0, 0.1) is 18.3 Å². The van der Waals surface area contributed by atoms with Crippen molar-refractivity contribution in [2.24, 2.45) is 0 Å². The van der Waals surface area contributed by atoms with Gasteiger partial charge in [-0.15, -0.1) is 0 Å². The molecule has 0 heterocycles. The van der Waals surface area contributed by atoms with E-state index in [1.54, 1.807) is 7.11 Å². The Bertz CT molecular complexity index is 579. The van der Waals surface area contributed by atoms with Crippen LogP contribution < -0.4 is 4.74 Å². The summed E-state index contributed by atoms with van der Waals surface area (Å²) in [5.41, 5.74) is 4.57. The number of methoxy groups -OCH3 is 1. The van der Waals surface area contributed by atoms with Crippen LogP contribution >= 0.6 is 0 Å². The number of hydrogen-bond acceptors (Lipinski definition) is 2. The van der Waals surface area contributed by atoms with Crippen LogP contribution in [-0.2, 0) is 6.42 Å². The molecule has 0 saturated heterocycles. The fraction of sp³-hybridized carbons (Fsp3) is 0.188. The molecule has 0 aliphatic carbocycles. The van der Waals surface area contributed by atoms with Crippen LogP contribution in [0.3, 0.4) is 0 Å². The van der Waals surface area contributed by atoms with Crippen LogP contribution in [0.5, 0.6) is 5.75 Å². The SMILES string of the molecule is COc1ccc(-c2ccc(CC#N)c(C)c2)cc1. The van der Waals surface area contributed by atoms with Crippen molar-refractivity contribution in [1.29, 1.82) is 5.26 Å². The Morgan fingerprint density at radius 1 is 1.06 bits per heavy atom. The Kier molecular flexibility index (Phi) is 3.64. The fourth-order valence-corrected chi connectivity index (χ4v) is 1.94. The molecule has 2 rings (SSSR count). The number of benzene rings is 2. The molecule has 2 aromatic carbocycles. The summed E-state index contributed by atoms with van der Waals surface area (Å²) in [4.78, 5) is 0. The average Bonchev–Trinajstić information content (AvgIpc) is 2.41. The van der Waals surface area contributed by atoms with Gasteiger partial charge >= 0.3 is 0 Å². The number of aryl methyl sites for hydroxylation is 1. The minimum absolute atomic E-state index is 0.467. The van der Waals surface area contributed by atoms with Crippen molar-refractivity contribution in [1.82, 2.24) is 0 Å². The highest BCUT2D eigenvalue weighted by molar-refractivity contribution is 5.65. The van der Waals surface area contributed by atoms with E-state index in [0.29, 0.717) is 6.42 Å². The summed E-state index contributed by atoms with van der Waals surface area (Å²) in [6.45, 7) is 2.04. The molecular formula is C16H15NO. The molecule has 0 bridgehead atoms. The van der Waals surface area contributed by atoms with Crippen molar-refractivity contribution < 1.29 is 4.74 Å². The van der Waals surface area contributed by atoms with E-state index in [0.717, 1.165) is 28.0 Å². The zero-order valence-electron chi connectivity index (χ0n) is 10.6. The zero-order chi connectivity index (χ0) is 13.0. The lowest BCUT2D eigenvalue weighted by molar-refractivity contribution is 0.415. The van der Waals surface area contributed by atoms with E-state index >= 15 is 0 Å². The molecule has 0 aliphatic heterocycles. The molecule has 0 saturated carbocycles. The van der Waals surface area contributed by atoms with E-state index < -0.39 is 0 Å². The normalized spacial score (nSPS) is 9.83. The van der Waals surface area contributed by atoms with Crippen LogP contribution in [0.4, 0.5) is 0 Å². The number of nitriles is 1. The minimum Gasteiger partial charge on any atom is -0.497 e. The van der Waals surface area contributed by atoms with Gasteiger partial charge in [-0.1, -0.05) is 30.3 Å². The molecule has 0 unspecified atom stereocenters. The summed E-state index contributed by atoms with van der Waals surface area (Å²) < 4.78 is 5.14. The summed E-state index contributed by atoms with van der Waals surface area (Å²) in [5.74, 6) is 0.858. The largest absolute Gasteiger partial charge is 0.497 e. The third-order valence-corrected chi connectivity index (χ3v) is 3.04. The molecule has 0 radical (unpaired) electrons. The molecule has 0 aromatic heterocycles. The van der Waals surface area contributed by atoms with E-state index in [-0.39, 0.29) is 0 Å². The number of ether oxygens (including phenoxy) is 1. The van der Waals surface area contributed by atoms with Gasteiger partial charge in [-0.2, -0.15) is 5.26 Å². The standard InChI is InChI=1S/C16H15NO/c1-12-11-15(4-3-13(12)9-10-17)14-5-7-16(18-2)8-6-14/h3-8,11H,9H2,1-2H3. The molecule has 0 aliphatic rings. The van der Waals surface area contributed by atoms with Crippen molar-refractivity contribution >= 4 is 0 Å². The number of nitrogens with zero attached hydrogens (tertiary/aromatic N) is 1. The van der Waals surface area contributed by atoms with Crippen molar-refractivity contribution in [3.05, 3.63) is 53.6 Å². The van der Waals surface area contributed by atoms with Gasteiger partial charge in [-0.05, 0) is 41.3 Å². The maximum Gasteiger partial charge on any atom is 0.118 e. The quantitative estimate of drug-likeness (QED) is 0.814. The molecular weight excluding hydrogens is 222 g/mol. The smallest absolute Gasteiger partial charge is 0.118 e. The maximum atomic E-state index is 8.72. The highest BCUT2D eigenvalue weighted by Crippen LogP contribution is 2.24. The van der Waals surface area contributed by atoms with E-state index in [2.05, 4.69) is 18.2 Å². The lowest BCUT2D eigenvalue weighted by atomic mass is 9.99. The molecule has 2 nitrogen and oxygen atoms in total. The highest BCUT2D eigenvalue weighted by atomic mass is 16.5. The molecule has 0 fully saturated rings. The predicted molar refractivity (Wildman–Crippen MR) is 72.5 cm³/mol. The van der Waals surface area contributed by atoms with Gasteiger partial charge in [0.05, 0.1) is 19.6 Å². The van der Waals surface area contributed by atoms with Gasteiger partial charge in [0.1, 0.15) is 5.75 Å². The van der Waals surface area contributed by atoms with Gasteiger partial charge < -0.3 is 4.74 Å². The van der Waals surface area contributed by atoms with Crippen molar-refractivity contribution in [3.63, 3.8) is 0 Å². The molecule has 0 N–H and O–H groups in total. The Morgan fingerprint density at radius 3 is 2.28 bits per heavy atom. The molecule has 2 aromatic rings. The summed E-state index contributed by atoms with van der Waals surface area (Å²) in [5, 5.41) is 8.72.